The summed E-state index contributed by atoms with van der Waals surface area (Å²) in [7, 11) is 0. The van der Waals surface area contributed by atoms with Crippen LogP contribution in [0.15, 0.2) is 54.2 Å². The number of nitrogens with one attached hydrogen (secondary N) is 1. The Bertz CT molecular complexity index is 793. The minimum atomic E-state index is -0.233. The van der Waals surface area contributed by atoms with Crippen molar-refractivity contribution in [3.8, 4) is 5.69 Å². The molecule has 0 unspecified atom stereocenters. The average Bonchev–Trinajstić information content (AvgIpc) is 3.18. The Kier molecular flexibility index (Phi) is 4.06. The topological polar surface area (TPSA) is 34.0 Å². The lowest BCUT2D eigenvalue weighted by Crippen LogP contribution is -2.23. The first-order valence-electron chi connectivity index (χ1n) is 6.89. The molecule has 1 N–H and O–H groups in total. The maximum atomic E-state index is 13.2. The molecule has 0 fully saturated rings. The molecule has 0 aliphatic carbocycles. The van der Waals surface area contributed by atoms with Crippen LogP contribution < -0.4 is 5.32 Å². The Balaban J connectivity index is 1.73. The Morgan fingerprint density at radius 2 is 2.05 bits per heavy atom. The number of thiophene rings is 1. The van der Waals surface area contributed by atoms with E-state index in [0.717, 1.165) is 11.3 Å². The van der Waals surface area contributed by atoms with E-state index in [1.807, 2.05) is 40.5 Å². The van der Waals surface area contributed by atoms with E-state index < -0.39 is 0 Å². The van der Waals surface area contributed by atoms with Crippen molar-refractivity contribution >= 4 is 17.2 Å². The highest BCUT2D eigenvalue weighted by atomic mass is 32.1. The van der Waals surface area contributed by atoms with Gasteiger partial charge in [-0.1, -0.05) is 12.1 Å². The lowest BCUT2D eigenvalue weighted by Gasteiger charge is -2.08. The zero-order valence-corrected chi connectivity index (χ0v) is 12.9. The number of hydrogen-bond donors (Lipinski definition) is 1. The van der Waals surface area contributed by atoms with Crippen molar-refractivity contribution in [1.29, 1.82) is 0 Å². The largest absolute Gasteiger partial charge is 0.347 e. The summed E-state index contributed by atoms with van der Waals surface area (Å²) in [4.78, 5) is 13.0. The number of aromatic nitrogens is 1. The molecule has 1 aromatic carbocycles. The fraction of sp³-hybridized carbons (Fsp3) is 0.118. The summed E-state index contributed by atoms with van der Waals surface area (Å²) in [5.41, 5.74) is 2.32. The number of carbonyl (C=O) groups excluding carboxylic acids is 1. The first-order chi connectivity index (χ1) is 10.6. The van der Waals surface area contributed by atoms with Crippen LogP contribution in [0.3, 0.4) is 0 Å². The van der Waals surface area contributed by atoms with E-state index >= 15 is 0 Å². The van der Waals surface area contributed by atoms with Crippen LogP contribution in [0.5, 0.6) is 0 Å². The van der Waals surface area contributed by atoms with E-state index in [2.05, 4.69) is 5.32 Å². The molecule has 0 aliphatic rings. The molecule has 112 valence electrons. The van der Waals surface area contributed by atoms with Crippen molar-refractivity contribution in [2.45, 2.75) is 13.5 Å². The SMILES string of the molecule is Cc1cc(CNC(=O)c2sccc2-n2cccc2)ccc1F. The van der Waals surface area contributed by atoms with Crippen LogP contribution in [0.25, 0.3) is 5.69 Å². The normalized spacial score (nSPS) is 10.6. The van der Waals surface area contributed by atoms with E-state index in [-0.39, 0.29) is 11.7 Å². The van der Waals surface area contributed by atoms with Gasteiger partial charge in [-0.3, -0.25) is 4.79 Å². The lowest BCUT2D eigenvalue weighted by atomic mass is 10.1. The quantitative estimate of drug-likeness (QED) is 0.778. The summed E-state index contributed by atoms with van der Waals surface area (Å²) in [6.45, 7) is 2.09. The van der Waals surface area contributed by atoms with E-state index in [1.54, 1.807) is 19.1 Å². The molecule has 2 aromatic heterocycles. The number of halogens is 1. The van der Waals surface area contributed by atoms with Gasteiger partial charge in [0.05, 0.1) is 5.69 Å². The van der Waals surface area contributed by atoms with Crippen molar-refractivity contribution in [2.75, 3.05) is 0 Å². The third-order valence-electron chi connectivity index (χ3n) is 3.41. The summed E-state index contributed by atoms with van der Waals surface area (Å²) < 4.78 is 15.2. The number of nitrogens with zero attached hydrogens (tertiary/aromatic N) is 1. The van der Waals surface area contributed by atoms with Gasteiger partial charge in [0, 0.05) is 18.9 Å². The molecule has 0 saturated heterocycles. The van der Waals surface area contributed by atoms with Crippen LogP contribution in [-0.2, 0) is 6.54 Å². The molecule has 1 amide bonds. The van der Waals surface area contributed by atoms with Crippen LogP contribution in [-0.4, -0.2) is 10.5 Å². The second-order valence-corrected chi connectivity index (χ2v) is 5.91. The van der Waals surface area contributed by atoms with Gasteiger partial charge < -0.3 is 9.88 Å². The first-order valence-corrected chi connectivity index (χ1v) is 7.77. The van der Waals surface area contributed by atoms with Crippen LogP contribution in [0.2, 0.25) is 0 Å². The van der Waals surface area contributed by atoms with Gasteiger partial charge in [0.1, 0.15) is 10.7 Å². The smallest absolute Gasteiger partial charge is 0.263 e. The molecule has 22 heavy (non-hydrogen) atoms. The van der Waals surface area contributed by atoms with Crippen LogP contribution in [0.1, 0.15) is 20.8 Å². The zero-order chi connectivity index (χ0) is 15.5. The Morgan fingerprint density at radius 3 is 2.77 bits per heavy atom. The van der Waals surface area contributed by atoms with Gasteiger partial charge in [-0.05, 0) is 47.7 Å². The molecule has 3 aromatic rings. The summed E-state index contributed by atoms with van der Waals surface area (Å²) in [6, 6.07) is 10.6. The molecule has 0 radical (unpaired) electrons. The van der Waals surface area contributed by atoms with Crippen LogP contribution >= 0.6 is 11.3 Å². The third-order valence-corrected chi connectivity index (χ3v) is 4.31. The highest BCUT2D eigenvalue weighted by molar-refractivity contribution is 7.12. The Labute approximate surface area is 132 Å². The fourth-order valence-electron chi connectivity index (χ4n) is 2.25. The molecule has 2 heterocycles. The molecular weight excluding hydrogens is 299 g/mol. The maximum Gasteiger partial charge on any atom is 0.263 e. The highest BCUT2D eigenvalue weighted by Crippen LogP contribution is 2.21. The van der Waals surface area contributed by atoms with Crippen molar-refractivity contribution < 1.29 is 9.18 Å². The van der Waals surface area contributed by atoms with Gasteiger partial charge in [-0.2, -0.15) is 0 Å². The fourth-order valence-corrected chi connectivity index (χ4v) is 3.06. The monoisotopic (exact) mass is 314 g/mol. The number of rotatable bonds is 4. The number of aryl methyl sites for hydroxylation is 1. The molecule has 3 nitrogen and oxygen atoms in total. The van der Waals surface area contributed by atoms with Crippen molar-refractivity contribution in [2.24, 2.45) is 0 Å². The average molecular weight is 314 g/mol. The van der Waals surface area contributed by atoms with Gasteiger partial charge in [0.25, 0.3) is 5.91 Å². The highest BCUT2D eigenvalue weighted by Gasteiger charge is 2.14. The maximum absolute atomic E-state index is 13.2. The summed E-state index contributed by atoms with van der Waals surface area (Å²) in [5, 5.41) is 4.78. The van der Waals surface area contributed by atoms with Gasteiger partial charge in [-0.15, -0.1) is 11.3 Å². The molecule has 0 aliphatic heterocycles. The minimum absolute atomic E-state index is 0.124. The van der Waals surface area contributed by atoms with Crippen molar-refractivity contribution in [1.82, 2.24) is 9.88 Å². The van der Waals surface area contributed by atoms with Gasteiger partial charge in [0.2, 0.25) is 0 Å². The van der Waals surface area contributed by atoms with Crippen LogP contribution in [0.4, 0.5) is 4.39 Å². The number of carbonyl (C=O) groups is 1. The third kappa shape index (κ3) is 2.94. The van der Waals surface area contributed by atoms with E-state index in [9.17, 15) is 9.18 Å². The zero-order valence-electron chi connectivity index (χ0n) is 12.0. The van der Waals surface area contributed by atoms with E-state index in [1.165, 1.54) is 17.4 Å². The second kappa shape index (κ2) is 6.15. The van der Waals surface area contributed by atoms with Crippen molar-refractivity contribution in [3.63, 3.8) is 0 Å². The summed E-state index contributed by atoms with van der Waals surface area (Å²) in [5.74, 6) is -0.357. The molecule has 0 atom stereocenters. The summed E-state index contributed by atoms with van der Waals surface area (Å²) >= 11 is 1.40. The lowest BCUT2D eigenvalue weighted by molar-refractivity contribution is 0.0955. The Morgan fingerprint density at radius 1 is 1.27 bits per heavy atom. The number of benzene rings is 1. The van der Waals surface area contributed by atoms with Gasteiger partial charge in [-0.25, -0.2) is 4.39 Å². The van der Waals surface area contributed by atoms with Gasteiger partial charge >= 0.3 is 0 Å². The van der Waals surface area contributed by atoms with E-state index in [4.69, 9.17) is 0 Å². The Hall–Kier alpha value is -2.40. The predicted octanol–water partition coefficient (Wildman–Crippen LogP) is 3.92. The molecule has 0 bridgehead atoms. The molecule has 5 heteroatoms. The minimum Gasteiger partial charge on any atom is -0.347 e. The molecule has 0 saturated carbocycles. The second-order valence-electron chi connectivity index (χ2n) is 4.99. The molecular formula is C17H15FN2OS. The molecule has 0 spiro atoms. The predicted molar refractivity (Wildman–Crippen MR) is 86.0 cm³/mol. The molecule has 3 rings (SSSR count). The summed E-state index contributed by atoms with van der Waals surface area (Å²) in [6.07, 6.45) is 3.81. The number of hydrogen-bond acceptors (Lipinski definition) is 2. The number of amides is 1. The van der Waals surface area contributed by atoms with Crippen LogP contribution in [0, 0.1) is 12.7 Å². The standard InChI is InChI=1S/C17H15FN2OS/c1-12-10-13(4-5-14(12)18)11-19-17(21)16-15(6-9-22-16)20-7-2-3-8-20/h2-10H,11H2,1H3,(H,19,21). The van der Waals surface area contributed by atoms with Gasteiger partial charge in [0.15, 0.2) is 0 Å². The van der Waals surface area contributed by atoms with Crippen molar-refractivity contribution in [3.05, 3.63) is 76.0 Å². The first kappa shape index (κ1) is 14.5. The van der Waals surface area contributed by atoms with E-state index in [0.29, 0.717) is 17.0 Å².